The van der Waals surface area contributed by atoms with Crippen LogP contribution in [0, 0.1) is 6.92 Å². The van der Waals surface area contributed by atoms with Crippen LogP contribution >= 0.6 is 34.7 Å². The lowest BCUT2D eigenvalue weighted by Crippen LogP contribution is -2.27. The number of amides is 2. The predicted molar refractivity (Wildman–Crippen MR) is 98.1 cm³/mol. The molecule has 25 heavy (non-hydrogen) atoms. The van der Waals surface area contributed by atoms with Gasteiger partial charge in [0, 0.05) is 20.8 Å². The third-order valence-corrected chi connectivity index (χ3v) is 5.99. The van der Waals surface area contributed by atoms with Crippen LogP contribution in [0.1, 0.15) is 15.3 Å². The fourth-order valence-electron chi connectivity index (χ4n) is 2.55. The summed E-state index contributed by atoms with van der Waals surface area (Å²) in [4.78, 5) is 28.6. The second-order valence-electron chi connectivity index (χ2n) is 5.51. The molecular weight excluding hydrogens is 382 g/mol. The number of carbonyl (C=O) groups excluding carboxylic acids is 2. The highest BCUT2D eigenvalue weighted by molar-refractivity contribution is 8.18. The van der Waals surface area contributed by atoms with Crippen LogP contribution in [0.15, 0.2) is 29.2 Å². The molecule has 1 aromatic carbocycles. The van der Waals surface area contributed by atoms with Crippen molar-refractivity contribution in [1.82, 2.24) is 4.90 Å². The largest absolute Gasteiger partial charge is 0.454 e. The molecule has 2 amide bonds. The first-order valence-corrected chi connectivity index (χ1v) is 9.42. The van der Waals surface area contributed by atoms with Gasteiger partial charge in [-0.05, 0) is 48.5 Å². The zero-order chi connectivity index (χ0) is 17.6. The van der Waals surface area contributed by atoms with Crippen LogP contribution in [0.3, 0.4) is 0 Å². The number of imide groups is 1. The van der Waals surface area contributed by atoms with E-state index in [1.165, 1.54) is 4.90 Å². The van der Waals surface area contributed by atoms with Gasteiger partial charge < -0.3 is 9.47 Å². The average molecular weight is 394 g/mol. The van der Waals surface area contributed by atoms with E-state index in [-0.39, 0.29) is 24.5 Å². The zero-order valence-electron chi connectivity index (χ0n) is 13.1. The molecule has 0 aliphatic carbocycles. The number of ether oxygens (including phenoxy) is 2. The lowest BCUT2D eigenvalue weighted by atomic mass is 10.2. The summed E-state index contributed by atoms with van der Waals surface area (Å²) in [5.41, 5.74) is 0.640. The number of thiophene rings is 1. The Morgan fingerprint density at radius 3 is 2.72 bits per heavy atom. The fourth-order valence-corrected chi connectivity index (χ4v) is 4.49. The molecule has 4 rings (SSSR count). The summed E-state index contributed by atoms with van der Waals surface area (Å²) < 4.78 is 10.6. The van der Waals surface area contributed by atoms with Gasteiger partial charge in [-0.1, -0.05) is 11.6 Å². The average Bonchev–Trinajstić information content (AvgIpc) is 3.24. The maximum atomic E-state index is 12.6. The highest BCUT2D eigenvalue weighted by Crippen LogP contribution is 2.39. The molecule has 0 atom stereocenters. The molecule has 5 nitrogen and oxygen atoms in total. The van der Waals surface area contributed by atoms with Gasteiger partial charge in [0.2, 0.25) is 6.79 Å². The van der Waals surface area contributed by atoms with Crippen LogP contribution in [-0.2, 0) is 11.3 Å². The quantitative estimate of drug-likeness (QED) is 0.709. The third kappa shape index (κ3) is 3.15. The van der Waals surface area contributed by atoms with E-state index in [2.05, 4.69) is 0 Å². The summed E-state index contributed by atoms with van der Waals surface area (Å²) >= 11 is 8.76. The number of fused-ring (bicyclic) bond motifs is 1. The Morgan fingerprint density at radius 2 is 2.00 bits per heavy atom. The first-order valence-electron chi connectivity index (χ1n) is 7.41. The normalized spacial score (nSPS) is 17.8. The Balaban J connectivity index is 1.58. The fraction of sp³-hybridized carbons (Fsp3) is 0.176. The van der Waals surface area contributed by atoms with Crippen LogP contribution in [0.25, 0.3) is 6.08 Å². The minimum atomic E-state index is -0.310. The standard InChI is InChI=1S/C17H12ClNO4S2/c1-9-2-3-11(24-9)5-15-16(20)19(17(21)25-15)7-10-4-13-14(6-12(10)18)23-8-22-13/h2-6H,7-8H2,1H3/b15-5+. The molecule has 3 heterocycles. The molecule has 0 spiro atoms. The van der Waals surface area contributed by atoms with Crippen LogP contribution in [0.4, 0.5) is 4.79 Å². The van der Waals surface area contributed by atoms with Gasteiger partial charge in [0.05, 0.1) is 11.4 Å². The van der Waals surface area contributed by atoms with Gasteiger partial charge in [0.15, 0.2) is 11.5 Å². The summed E-state index contributed by atoms with van der Waals surface area (Å²) in [5.74, 6) is 0.821. The second-order valence-corrected chi connectivity index (χ2v) is 8.23. The Morgan fingerprint density at radius 1 is 1.24 bits per heavy atom. The molecule has 0 saturated carbocycles. The maximum Gasteiger partial charge on any atom is 0.293 e. The van der Waals surface area contributed by atoms with Crippen LogP contribution in [0.2, 0.25) is 5.02 Å². The van der Waals surface area contributed by atoms with Gasteiger partial charge >= 0.3 is 0 Å². The lowest BCUT2D eigenvalue weighted by molar-refractivity contribution is -0.123. The molecule has 0 N–H and O–H groups in total. The van der Waals surface area contributed by atoms with Crippen molar-refractivity contribution in [3.8, 4) is 11.5 Å². The van der Waals surface area contributed by atoms with Crippen molar-refractivity contribution in [3.63, 3.8) is 0 Å². The minimum Gasteiger partial charge on any atom is -0.454 e. The number of halogens is 1. The highest BCUT2D eigenvalue weighted by Gasteiger charge is 2.35. The van der Waals surface area contributed by atoms with Crippen molar-refractivity contribution in [1.29, 1.82) is 0 Å². The Bertz CT molecular complexity index is 921. The number of hydrogen-bond donors (Lipinski definition) is 0. The first kappa shape index (κ1) is 16.5. The van der Waals surface area contributed by atoms with Gasteiger partial charge in [0.1, 0.15) is 0 Å². The highest BCUT2D eigenvalue weighted by atomic mass is 35.5. The van der Waals surface area contributed by atoms with E-state index < -0.39 is 0 Å². The van der Waals surface area contributed by atoms with Gasteiger partial charge in [-0.25, -0.2) is 0 Å². The van der Waals surface area contributed by atoms with Crippen molar-refractivity contribution >= 4 is 51.9 Å². The molecule has 1 aromatic heterocycles. The summed E-state index contributed by atoms with van der Waals surface area (Å²) in [5, 5.41) is 0.124. The molecule has 0 radical (unpaired) electrons. The molecule has 8 heteroatoms. The zero-order valence-corrected chi connectivity index (χ0v) is 15.5. The number of benzene rings is 1. The summed E-state index contributed by atoms with van der Waals surface area (Å²) in [6.07, 6.45) is 1.75. The topological polar surface area (TPSA) is 55.8 Å². The maximum absolute atomic E-state index is 12.6. The Labute approximate surface area is 157 Å². The van der Waals surface area contributed by atoms with Gasteiger partial charge in [0.25, 0.3) is 11.1 Å². The van der Waals surface area contributed by atoms with Crippen molar-refractivity contribution < 1.29 is 19.1 Å². The van der Waals surface area contributed by atoms with E-state index in [4.69, 9.17) is 21.1 Å². The minimum absolute atomic E-state index is 0.0982. The van der Waals surface area contributed by atoms with Gasteiger partial charge in [-0.2, -0.15) is 0 Å². The van der Waals surface area contributed by atoms with E-state index in [1.54, 1.807) is 29.5 Å². The monoisotopic (exact) mass is 393 g/mol. The lowest BCUT2D eigenvalue weighted by Gasteiger charge is -2.14. The van der Waals surface area contributed by atoms with Gasteiger partial charge in [-0.15, -0.1) is 11.3 Å². The van der Waals surface area contributed by atoms with Crippen LogP contribution in [-0.4, -0.2) is 22.8 Å². The molecule has 0 unspecified atom stereocenters. The number of thioether (sulfide) groups is 1. The number of hydrogen-bond acceptors (Lipinski definition) is 6. The summed E-state index contributed by atoms with van der Waals surface area (Å²) in [7, 11) is 0. The number of aryl methyl sites for hydroxylation is 1. The predicted octanol–water partition coefficient (Wildman–Crippen LogP) is 4.68. The molecule has 1 saturated heterocycles. The summed E-state index contributed by atoms with van der Waals surface area (Å²) in [6, 6.07) is 7.26. The van der Waals surface area contributed by atoms with E-state index in [0.717, 1.165) is 21.5 Å². The SMILES string of the molecule is Cc1ccc(/C=C2/SC(=O)N(Cc3cc4c(cc3Cl)OCO4)C2=O)s1. The molecule has 2 aliphatic heterocycles. The number of carbonyl (C=O) groups is 2. The third-order valence-electron chi connectivity index (χ3n) is 3.78. The molecule has 2 aliphatic rings. The second kappa shape index (κ2) is 6.40. The summed E-state index contributed by atoms with van der Waals surface area (Å²) in [6.45, 7) is 2.23. The van der Waals surface area contributed by atoms with Gasteiger partial charge in [-0.3, -0.25) is 14.5 Å². The molecule has 0 bridgehead atoms. The molecular formula is C17H12ClNO4S2. The molecule has 1 fully saturated rings. The van der Waals surface area contributed by atoms with Crippen LogP contribution < -0.4 is 9.47 Å². The number of rotatable bonds is 3. The Kier molecular flexibility index (Phi) is 4.23. The van der Waals surface area contributed by atoms with Crippen molar-refractivity contribution in [2.45, 2.75) is 13.5 Å². The van der Waals surface area contributed by atoms with Crippen LogP contribution in [0.5, 0.6) is 11.5 Å². The van der Waals surface area contributed by atoms with Crippen molar-refractivity contribution in [2.24, 2.45) is 0 Å². The molecule has 128 valence electrons. The van der Waals surface area contributed by atoms with E-state index >= 15 is 0 Å². The van der Waals surface area contributed by atoms with E-state index in [9.17, 15) is 9.59 Å². The van der Waals surface area contributed by atoms with Crippen molar-refractivity contribution in [2.75, 3.05) is 6.79 Å². The molecule has 2 aromatic rings. The first-order chi connectivity index (χ1) is 12.0. The van der Waals surface area contributed by atoms with E-state index in [1.807, 2.05) is 19.1 Å². The van der Waals surface area contributed by atoms with Crippen molar-refractivity contribution in [3.05, 3.63) is 49.5 Å². The number of nitrogens with zero attached hydrogens (tertiary/aromatic N) is 1. The Hall–Kier alpha value is -1.96. The van der Waals surface area contributed by atoms with E-state index in [0.29, 0.717) is 27.0 Å². The smallest absolute Gasteiger partial charge is 0.293 e.